The van der Waals surface area contributed by atoms with Gasteiger partial charge in [0.25, 0.3) is 5.91 Å². The summed E-state index contributed by atoms with van der Waals surface area (Å²) in [6.45, 7) is 3.38. The number of hydrogen-bond acceptors (Lipinski definition) is 5. The second-order valence-corrected chi connectivity index (χ2v) is 8.85. The highest BCUT2D eigenvalue weighted by Gasteiger charge is 2.54. The Labute approximate surface area is 176 Å². The molecule has 158 valence electrons. The molecular weight excluding hydrogens is 380 g/mol. The number of carbonyl (C=O) groups excluding carboxylic acids is 2. The Hall–Kier alpha value is -2.70. The zero-order valence-corrected chi connectivity index (χ0v) is 17.4. The van der Waals surface area contributed by atoms with Crippen molar-refractivity contribution in [3.05, 3.63) is 47.6 Å². The first-order valence-corrected chi connectivity index (χ1v) is 11.1. The van der Waals surface area contributed by atoms with Crippen LogP contribution < -0.4 is 0 Å². The van der Waals surface area contributed by atoms with E-state index in [1.54, 1.807) is 12.4 Å². The quantitative estimate of drug-likeness (QED) is 0.756. The Morgan fingerprint density at radius 1 is 1.27 bits per heavy atom. The second kappa shape index (κ2) is 7.52. The van der Waals surface area contributed by atoms with E-state index in [2.05, 4.69) is 17.1 Å². The van der Waals surface area contributed by atoms with Crippen molar-refractivity contribution in [3.63, 3.8) is 0 Å². The number of likely N-dealkylation sites (tertiary alicyclic amines) is 2. The maximum absolute atomic E-state index is 13.4. The van der Waals surface area contributed by atoms with Gasteiger partial charge in [0.1, 0.15) is 5.76 Å². The Kier molecular flexibility index (Phi) is 4.83. The number of amides is 2. The molecule has 1 saturated carbocycles. The fourth-order valence-corrected chi connectivity index (χ4v) is 5.47. The highest BCUT2D eigenvalue weighted by Crippen LogP contribution is 2.45. The first-order valence-electron chi connectivity index (χ1n) is 11.1. The molecule has 2 atom stereocenters. The second-order valence-electron chi connectivity index (χ2n) is 8.85. The zero-order chi connectivity index (χ0) is 20.7. The Morgan fingerprint density at radius 3 is 2.80 bits per heavy atom. The van der Waals surface area contributed by atoms with Gasteiger partial charge in [-0.15, -0.1) is 0 Å². The molecule has 1 aliphatic carbocycles. The van der Waals surface area contributed by atoms with Gasteiger partial charge < -0.3 is 14.3 Å². The van der Waals surface area contributed by atoms with E-state index < -0.39 is 0 Å². The number of pyridine rings is 1. The largest absolute Gasteiger partial charge is 0.360 e. The van der Waals surface area contributed by atoms with E-state index in [-0.39, 0.29) is 23.4 Å². The lowest BCUT2D eigenvalue weighted by molar-refractivity contribution is -0.135. The fraction of sp³-hybridized carbons (Fsp3) is 0.565. The average Bonchev–Trinajstić information content (AvgIpc) is 3.44. The first kappa shape index (κ1) is 19.3. The van der Waals surface area contributed by atoms with Crippen LogP contribution in [0.15, 0.2) is 35.1 Å². The molecule has 0 bridgehead atoms. The van der Waals surface area contributed by atoms with Gasteiger partial charge in [-0.05, 0) is 56.2 Å². The molecule has 4 heterocycles. The lowest BCUT2D eigenvalue weighted by Crippen LogP contribution is -2.64. The third kappa shape index (κ3) is 3.20. The van der Waals surface area contributed by atoms with Crippen LogP contribution in [0.2, 0.25) is 0 Å². The van der Waals surface area contributed by atoms with E-state index in [1.807, 2.05) is 28.0 Å². The normalized spacial score (nSPS) is 26.6. The summed E-state index contributed by atoms with van der Waals surface area (Å²) in [5.74, 6) is 1.36. The summed E-state index contributed by atoms with van der Waals surface area (Å²) in [7, 11) is 0. The van der Waals surface area contributed by atoms with Crippen molar-refractivity contribution in [2.24, 2.45) is 0 Å². The topological polar surface area (TPSA) is 79.5 Å². The minimum absolute atomic E-state index is 0.0203. The number of rotatable bonds is 5. The Bertz CT molecular complexity index is 939. The van der Waals surface area contributed by atoms with Crippen molar-refractivity contribution >= 4 is 11.8 Å². The average molecular weight is 409 g/mol. The van der Waals surface area contributed by atoms with Crippen molar-refractivity contribution in [2.75, 3.05) is 6.54 Å². The van der Waals surface area contributed by atoms with E-state index in [1.165, 1.54) is 0 Å². The molecule has 5 rings (SSSR count). The minimum atomic E-state index is -0.313. The van der Waals surface area contributed by atoms with Crippen LogP contribution in [0.25, 0.3) is 0 Å². The molecule has 30 heavy (non-hydrogen) atoms. The number of hydrogen-bond donors (Lipinski definition) is 0. The maximum atomic E-state index is 13.4. The third-order valence-corrected chi connectivity index (χ3v) is 7.08. The standard InChI is InChI=1S/C23H28N4O3/c1-2-20-23(10-6-21(28)27(23)15-16-7-11-24-12-8-16)9-3-13-26(20)22(29)18-14-19(30-25-18)17-4-5-17/h7-8,11-12,14,17,20H,2-6,9-10,13,15H2,1H3/t20-,23-/m0/s1. The molecule has 2 aromatic rings. The van der Waals surface area contributed by atoms with Crippen LogP contribution in [0.1, 0.15) is 79.6 Å². The van der Waals surface area contributed by atoms with E-state index >= 15 is 0 Å². The summed E-state index contributed by atoms with van der Waals surface area (Å²) in [5.41, 5.74) is 1.16. The van der Waals surface area contributed by atoms with Crippen LogP contribution in [-0.4, -0.2) is 49.9 Å². The minimum Gasteiger partial charge on any atom is -0.360 e. The summed E-state index contributed by atoms with van der Waals surface area (Å²) < 4.78 is 5.44. The summed E-state index contributed by atoms with van der Waals surface area (Å²) in [6, 6.07) is 5.72. The molecular formula is C23H28N4O3. The highest BCUT2D eigenvalue weighted by molar-refractivity contribution is 5.93. The summed E-state index contributed by atoms with van der Waals surface area (Å²) >= 11 is 0. The molecule has 1 spiro atoms. The molecule has 2 saturated heterocycles. The molecule has 3 aliphatic rings. The van der Waals surface area contributed by atoms with Crippen LogP contribution >= 0.6 is 0 Å². The van der Waals surface area contributed by atoms with Gasteiger partial charge in [0.15, 0.2) is 5.69 Å². The van der Waals surface area contributed by atoms with E-state index in [4.69, 9.17) is 4.52 Å². The predicted octanol–water partition coefficient (Wildman–Crippen LogP) is 3.52. The molecule has 0 unspecified atom stereocenters. The summed E-state index contributed by atoms with van der Waals surface area (Å²) in [5, 5.41) is 4.08. The molecule has 0 aromatic carbocycles. The van der Waals surface area contributed by atoms with Crippen molar-refractivity contribution in [2.45, 2.75) is 75.9 Å². The van der Waals surface area contributed by atoms with E-state index in [9.17, 15) is 9.59 Å². The molecule has 0 N–H and O–H groups in total. The number of piperidine rings is 1. The highest BCUT2D eigenvalue weighted by atomic mass is 16.5. The van der Waals surface area contributed by atoms with Gasteiger partial charge in [-0.1, -0.05) is 12.1 Å². The third-order valence-electron chi connectivity index (χ3n) is 7.08. The van der Waals surface area contributed by atoms with Crippen molar-refractivity contribution in [1.29, 1.82) is 0 Å². The first-order chi connectivity index (χ1) is 14.6. The number of carbonyl (C=O) groups is 2. The van der Waals surface area contributed by atoms with Crippen LogP contribution in [0.5, 0.6) is 0 Å². The maximum Gasteiger partial charge on any atom is 0.276 e. The van der Waals surface area contributed by atoms with Crippen LogP contribution in [0.3, 0.4) is 0 Å². The lowest BCUT2D eigenvalue weighted by Gasteiger charge is -2.52. The molecule has 7 heteroatoms. The number of aromatic nitrogens is 2. The SMILES string of the molecule is CC[C@@H]1N(C(=O)c2cc(C3CC3)on2)CCC[C@]12CCC(=O)N2Cc1ccncc1. The van der Waals surface area contributed by atoms with Gasteiger partial charge in [-0.3, -0.25) is 14.6 Å². The van der Waals surface area contributed by atoms with Gasteiger partial charge in [-0.2, -0.15) is 0 Å². The van der Waals surface area contributed by atoms with Gasteiger partial charge >= 0.3 is 0 Å². The van der Waals surface area contributed by atoms with E-state index in [0.717, 1.165) is 49.8 Å². The van der Waals surface area contributed by atoms with Gasteiger partial charge in [0, 0.05) is 43.9 Å². The van der Waals surface area contributed by atoms with E-state index in [0.29, 0.717) is 31.1 Å². The van der Waals surface area contributed by atoms with Gasteiger partial charge in [0.2, 0.25) is 5.91 Å². The summed E-state index contributed by atoms with van der Waals surface area (Å²) in [6.07, 6.45) is 9.70. The van der Waals surface area contributed by atoms with Crippen LogP contribution in [0.4, 0.5) is 0 Å². The molecule has 2 amide bonds. The Morgan fingerprint density at radius 2 is 2.07 bits per heavy atom. The van der Waals surface area contributed by atoms with Gasteiger partial charge in [-0.25, -0.2) is 0 Å². The molecule has 3 fully saturated rings. The van der Waals surface area contributed by atoms with Crippen molar-refractivity contribution < 1.29 is 14.1 Å². The van der Waals surface area contributed by atoms with Crippen molar-refractivity contribution in [3.8, 4) is 0 Å². The molecule has 2 aliphatic heterocycles. The van der Waals surface area contributed by atoms with Gasteiger partial charge in [0.05, 0.1) is 11.6 Å². The van der Waals surface area contributed by atoms with Crippen molar-refractivity contribution in [1.82, 2.24) is 19.9 Å². The summed E-state index contributed by atoms with van der Waals surface area (Å²) in [4.78, 5) is 34.4. The Balaban J connectivity index is 1.43. The lowest BCUT2D eigenvalue weighted by atomic mass is 9.77. The van der Waals surface area contributed by atoms with Crippen LogP contribution in [0, 0.1) is 0 Å². The predicted molar refractivity (Wildman–Crippen MR) is 110 cm³/mol. The van der Waals surface area contributed by atoms with Crippen LogP contribution in [-0.2, 0) is 11.3 Å². The fourth-order valence-electron chi connectivity index (χ4n) is 5.47. The molecule has 7 nitrogen and oxygen atoms in total. The molecule has 0 radical (unpaired) electrons. The monoisotopic (exact) mass is 408 g/mol. The molecule has 2 aromatic heterocycles. The zero-order valence-electron chi connectivity index (χ0n) is 17.4. The smallest absolute Gasteiger partial charge is 0.276 e. The number of nitrogens with zero attached hydrogens (tertiary/aromatic N) is 4.